The van der Waals surface area contributed by atoms with Crippen LogP contribution < -0.4 is 5.43 Å². The van der Waals surface area contributed by atoms with Gasteiger partial charge < -0.3 is 9.32 Å². The highest BCUT2D eigenvalue weighted by atomic mass is 35.5. The Kier molecular flexibility index (Phi) is 5.05. The second kappa shape index (κ2) is 7.88. The Balaban J connectivity index is 1.66. The number of fused-ring (bicyclic) bond motifs is 2. The average molecular weight is 450 g/mol. The van der Waals surface area contributed by atoms with Crippen molar-refractivity contribution < 1.29 is 9.21 Å². The Morgan fingerprint density at radius 1 is 0.871 bits per heavy atom. The molecule has 1 aromatic heterocycles. The maximum Gasteiger partial charge on any atom is 0.290 e. The summed E-state index contributed by atoms with van der Waals surface area (Å²) < 4.78 is 5.94. The molecule has 1 amide bonds. The molecular formula is C25H17Cl2NO3. The van der Waals surface area contributed by atoms with Gasteiger partial charge in [-0.05, 0) is 41.8 Å². The number of para-hydroxylation sites is 1. The minimum atomic E-state index is -0.596. The minimum absolute atomic E-state index is 0.0906. The normalized spacial score (nSPS) is 15.5. The van der Waals surface area contributed by atoms with Crippen molar-refractivity contribution in [3.05, 3.63) is 116 Å². The lowest BCUT2D eigenvalue weighted by atomic mass is 9.98. The van der Waals surface area contributed by atoms with Crippen LogP contribution in [0.4, 0.5) is 0 Å². The van der Waals surface area contributed by atoms with Gasteiger partial charge in [-0.3, -0.25) is 9.59 Å². The van der Waals surface area contributed by atoms with Gasteiger partial charge in [-0.1, -0.05) is 71.7 Å². The molecule has 5 rings (SSSR count). The molecule has 0 bridgehead atoms. The van der Waals surface area contributed by atoms with E-state index >= 15 is 0 Å². The predicted octanol–water partition coefficient (Wildman–Crippen LogP) is 5.89. The van der Waals surface area contributed by atoms with Gasteiger partial charge >= 0.3 is 0 Å². The molecule has 1 aliphatic heterocycles. The molecule has 0 saturated heterocycles. The van der Waals surface area contributed by atoms with E-state index in [0.29, 0.717) is 39.5 Å². The fraction of sp³-hybridized carbons (Fsp3) is 0.120. The highest BCUT2D eigenvalue weighted by Crippen LogP contribution is 2.39. The van der Waals surface area contributed by atoms with E-state index in [4.69, 9.17) is 27.6 Å². The van der Waals surface area contributed by atoms with E-state index in [1.807, 2.05) is 30.3 Å². The molecule has 2 heterocycles. The SMILES string of the molecule is O=C1c2oc3ccccc3c(=O)c2[C@H](c2ccc(Cl)c(Cl)c2)N1CCc1ccccc1. The molecule has 0 saturated carbocycles. The topological polar surface area (TPSA) is 50.5 Å². The van der Waals surface area contributed by atoms with Crippen LogP contribution in [0.1, 0.15) is 33.3 Å². The van der Waals surface area contributed by atoms with E-state index < -0.39 is 6.04 Å². The van der Waals surface area contributed by atoms with Crippen LogP contribution >= 0.6 is 23.2 Å². The Labute approximate surface area is 188 Å². The highest BCUT2D eigenvalue weighted by Gasteiger charge is 2.42. The number of hydrogen-bond donors (Lipinski definition) is 0. The molecule has 6 heteroatoms. The van der Waals surface area contributed by atoms with Gasteiger partial charge in [0.1, 0.15) is 5.58 Å². The number of halogens is 2. The molecule has 0 unspecified atom stereocenters. The smallest absolute Gasteiger partial charge is 0.290 e. The van der Waals surface area contributed by atoms with Crippen LogP contribution in [0.3, 0.4) is 0 Å². The Hall–Kier alpha value is -3.08. The van der Waals surface area contributed by atoms with Crippen molar-refractivity contribution in [1.82, 2.24) is 4.90 Å². The van der Waals surface area contributed by atoms with E-state index in [0.717, 1.165) is 11.1 Å². The fourth-order valence-corrected chi connectivity index (χ4v) is 4.43. The summed E-state index contributed by atoms with van der Waals surface area (Å²) in [6, 6.07) is 21.5. The van der Waals surface area contributed by atoms with Gasteiger partial charge in [0.15, 0.2) is 5.43 Å². The lowest BCUT2D eigenvalue weighted by Gasteiger charge is -2.25. The first-order valence-corrected chi connectivity index (χ1v) is 10.7. The van der Waals surface area contributed by atoms with E-state index in [9.17, 15) is 9.59 Å². The maximum absolute atomic E-state index is 13.4. The Bertz CT molecular complexity index is 1360. The van der Waals surface area contributed by atoms with Crippen LogP contribution in [0.5, 0.6) is 0 Å². The number of benzene rings is 3. The number of rotatable bonds is 4. The molecule has 1 aliphatic rings. The van der Waals surface area contributed by atoms with Crippen LogP contribution in [0.25, 0.3) is 11.0 Å². The number of carbonyl (C=O) groups excluding carboxylic acids is 1. The van der Waals surface area contributed by atoms with Crippen molar-refractivity contribution in [1.29, 1.82) is 0 Å². The standard InChI is InChI=1S/C25H17Cl2NO3/c26-18-11-10-16(14-19(18)27)22-21-23(29)17-8-4-5-9-20(17)31-24(21)25(30)28(22)13-12-15-6-2-1-3-7-15/h1-11,14,22H,12-13H2/t22-/m0/s1. The minimum Gasteiger partial charge on any atom is -0.450 e. The fourth-order valence-electron chi connectivity index (χ4n) is 4.12. The maximum atomic E-state index is 13.4. The third kappa shape index (κ3) is 3.42. The zero-order valence-corrected chi connectivity index (χ0v) is 17.9. The summed E-state index contributed by atoms with van der Waals surface area (Å²) >= 11 is 12.4. The van der Waals surface area contributed by atoms with Crippen molar-refractivity contribution in [3.63, 3.8) is 0 Å². The Morgan fingerprint density at radius 2 is 1.61 bits per heavy atom. The van der Waals surface area contributed by atoms with Crippen molar-refractivity contribution in [2.24, 2.45) is 0 Å². The summed E-state index contributed by atoms with van der Waals surface area (Å²) in [6.07, 6.45) is 0.645. The van der Waals surface area contributed by atoms with Gasteiger partial charge in [0.25, 0.3) is 5.91 Å². The molecule has 154 valence electrons. The number of amides is 1. The molecule has 31 heavy (non-hydrogen) atoms. The molecule has 4 nitrogen and oxygen atoms in total. The number of carbonyl (C=O) groups is 1. The van der Waals surface area contributed by atoms with Crippen molar-refractivity contribution in [3.8, 4) is 0 Å². The first-order valence-electron chi connectivity index (χ1n) is 9.90. The Morgan fingerprint density at radius 3 is 2.39 bits per heavy atom. The quantitative estimate of drug-likeness (QED) is 0.390. The largest absolute Gasteiger partial charge is 0.450 e. The van der Waals surface area contributed by atoms with Gasteiger partial charge in [-0.2, -0.15) is 0 Å². The highest BCUT2D eigenvalue weighted by molar-refractivity contribution is 6.42. The van der Waals surface area contributed by atoms with Crippen LogP contribution in [-0.2, 0) is 6.42 Å². The molecular weight excluding hydrogens is 433 g/mol. The molecule has 0 fully saturated rings. The predicted molar refractivity (Wildman–Crippen MR) is 122 cm³/mol. The molecule has 4 aromatic rings. The molecule has 0 radical (unpaired) electrons. The second-order valence-corrected chi connectivity index (χ2v) is 8.29. The first kappa shape index (κ1) is 19.9. The van der Waals surface area contributed by atoms with Crippen LogP contribution in [0.2, 0.25) is 10.0 Å². The first-order chi connectivity index (χ1) is 15.0. The van der Waals surface area contributed by atoms with Crippen molar-refractivity contribution in [2.45, 2.75) is 12.5 Å². The second-order valence-electron chi connectivity index (χ2n) is 7.48. The molecule has 1 atom stereocenters. The number of nitrogens with zero attached hydrogens (tertiary/aromatic N) is 1. The van der Waals surface area contributed by atoms with Crippen molar-refractivity contribution >= 4 is 40.1 Å². The zero-order chi connectivity index (χ0) is 21.5. The lowest BCUT2D eigenvalue weighted by Crippen LogP contribution is -2.31. The van der Waals surface area contributed by atoms with Crippen LogP contribution in [-0.4, -0.2) is 17.4 Å². The summed E-state index contributed by atoms with van der Waals surface area (Å²) in [5, 5.41) is 1.23. The number of hydrogen-bond acceptors (Lipinski definition) is 3. The van der Waals surface area contributed by atoms with Gasteiger partial charge in [0.05, 0.1) is 27.0 Å². The summed E-state index contributed by atoms with van der Waals surface area (Å²) in [6.45, 7) is 0.424. The zero-order valence-electron chi connectivity index (χ0n) is 16.3. The van der Waals surface area contributed by atoms with Gasteiger partial charge in [0.2, 0.25) is 5.76 Å². The summed E-state index contributed by atoms with van der Waals surface area (Å²) in [5.41, 5.74) is 2.36. The third-order valence-corrected chi connectivity index (χ3v) is 6.36. The van der Waals surface area contributed by atoms with Gasteiger partial charge in [-0.15, -0.1) is 0 Å². The van der Waals surface area contributed by atoms with E-state index in [1.165, 1.54) is 0 Å². The van der Waals surface area contributed by atoms with Crippen LogP contribution in [0, 0.1) is 0 Å². The molecule has 0 spiro atoms. The van der Waals surface area contributed by atoms with Gasteiger partial charge in [0, 0.05) is 6.54 Å². The van der Waals surface area contributed by atoms with Gasteiger partial charge in [-0.25, -0.2) is 0 Å². The summed E-state index contributed by atoms with van der Waals surface area (Å²) in [7, 11) is 0. The third-order valence-electron chi connectivity index (χ3n) is 5.62. The molecule has 0 N–H and O–H groups in total. The molecule has 3 aromatic carbocycles. The van der Waals surface area contributed by atoms with E-state index in [-0.39, 0.29) is 17.1 Å². The van der Waals surface area contributed by atoms with Crippen molar-refractivity contribution in [2.75, 3.05) is 6.54 Å². The molecule has 0 aliphatic carbocycles. The summed E-state index contributed by atoms with van der Waals surface area (Å²) in [4.78, 5) is 28.5. The van der Waals surface area contributed by atoms with E-state index in [1.54, 1.807) is 47.4 Å². The van der Waals surface area contributed by atoms with E-state index in [2.05, 4.69) is 0 Å². The average Bonchev–Trinajstić information content (AvgIpc) is 3.07. The lowest BCUT2D eigenvalue weighted by molar-refractivity contribution is 0.0730. The summed E-state index contributed by atoms with van der Waals surface area (Å²) in [5.74, 6) is -0.210. The van der Waals surface area contributed by atoms with Crippen LogP contribution in [0.15, 0.2) is 82.0 Å². The monoisotopic (exact) mass is 449 g/mol.